The first kappa shape index (κ1) is 15.1. The molecule has 20 heavy (non-hydrogen) atoms. The highest BCUT2D eigenvalue weighted by Gasteiger charge is 2.15. The van der Waals surface area contributed by atoms with Gasteiger partial charge in [0.15, 0.2) is 11.0 Å². The number of carbonyl (C=O) groups excluding carboxylic acids is 1. The van der Waals surface area contributed by atoms with E-state index in [9.17, 15) is 4.79 Å². The molecular formula is C13H18N4OS2. The minimum absolute atomic E-state index is 0.225. The highest BCUT2D eigenvalue weighted by molar-refractivity contribution is 7.99. The van der Waals surface area contributed by atoms with Crippen LogP contribution in [0.25, 0.3) is 11.4 Å². The molecule has 0 radical (unpaired) electrons. The Morgan fingerprint density at radius 2 is 2.25 bits per heavy atom. The smallest absolute Gasteiger partial charge is 0.227 e. The number of rotatable bonds is 7. The fourth-order valence-electron chi connectivity index (χ4n) is 1.91. The number of nitrogens with zero attached hydrogens (tertiary/aromatic N) is 3. The lowest BCUT2D eigenvalue weighted by molar-refractivity contribution is -0.115. The zero-order valence-corrected chi connectivity index (χ0v) is 13.3. The van der Waals surface area contributed by atoms with Gasteiger partial charge in [-0.1, -0.05) is 25.1 Å². The van der Waals surface area contributed by atoms with Gasteiger partial charge in [0.2, 0.25) is 5.91 Å². The summed E-state index contributed by atoms with van der Waals surface area (Å²) in [5, 5.41) is 11.3. The van der Waals surface area contributed by atoms with Crippen LogP contribution in [0.4, 0.5) is 0 Å². The van der Waals surface area contributed by atoms with E-state index in [4.69, 9.17) is 5.73 Å². The Balaban J connectivity index is 2.24. The van der Waals surface area contributed by atoms with Gasteiger partial charge in [-0.15, -0.1) is 21.5 Å². The molecule has 7 heteroatoms. The number of thioether (sulfide) groups is 1. The van der Waals surface area contributed by atoms with Gasteiger partial charge in [0.05, 0.1) is 5.75 Å². The fourth-order valence-corrected chi connectivity index (χ4v) is 3.62. The third-order valence-electron chi connectivity index (χ3n) is 2.78. The van der Waals surface area contributed by atoms with E-state index in [0.717, 1.165) is 35.9 Å². The molecular weight excluding hydrogens is 292 g/mol. The summed E-state index contributed by atoms with van der Waals surface area (Å²) >= 11 is 3.08. The van der Waals surface area contributed by atoms with E-state index >= 15 is 0 Å². The molecule has 0 spiro atoms. The van der Waals surface area contributed by atoms with Gasteiger partial charge in [0.25, 0.3) is 0 Å². The maximum Gasteiger partial charge on any atom is 0.227 e. The number of hydrogen-bond donors (Lipinski definition) is 1. The van der Waals surface area contributed by atoms with Crippen molar-refractivity contribution >= 4 is 29.0 Å². The Bertz CT molecular complexity index is 591. The molecule has 2 N–H and O–H groups in total. The van der Waals surface area contributed by atoms with Crippen molar-refractivity contribution in [3.8, 4) is 11.4 Å². The van der Waals surface area contributed by atoms with Crippen LogP contribution >= 0.6 is 23.1 Å². The van der Waals surface area contributed by atoms with Crippen LogP contribution in [0, 0.1) is 0 Å². The number of nitrogens with two attached hydrogens (primary N) is 1. The van der Waals surface area contributed by atoms with Crippen molar-refractivity contribution < 1.29 is 4.79 Å². The largest absolute Gasteiger partial charge is 0.369 e. The average molecular weight is 310 g/mol. The quantitative estimate of drug-likeness (QED) is 0.798. The van der Waals surface area contributed by atoms with Crippen LogP contribution < -0.4 is 5.73 Å². The molecule has 0 fully saturated rings. The lowest BCUT2D eigenvalue weighted by Gasteiger charge is -2.05. The lowest BCUT2D eigenvalue weighted by Crippen LogP contribution is -2.13. The van der Waals surface area contributed by atoms with Gasteiger partial charge in [-0.05, 0) is 19.4 Å². The first-order chi connectivity index (χ1) is 9.65. The average Bonchev–Trinajstić information content (AvgIpc) is 3.02. The number of aromatic nitrogens is 3. The monoisotopic (exact) mass is 310 g/mol. The summed E-state index contributed by atoms with van der Waals surface area (Å²) in [5.74, 6) is 0.740. The second-order valence-electron chi connectivity index (χ2n) is 4.36. The third-order valence-corrected chi connectivity index (χ3v) is 4.77. The van der Waals surface area contributed by atoms with Crippen LogP contribution in [0.2, 0.25) is 0 Å². The summed E-state index contributed by atoms with van der Waals surface area (Å²) in [6.07, 6.45) is 2.23. The number of aryl methyl sites for hydroxylation is 1. The van der Waals surface area contributed by atoms with E-state index in [0.29, 0.717) is 0 Å². The van der Waals surface area contributed by atoms with E-state index in [1.165, 1.54) is 16.6 Å². The molecule has 0 saturated heterocycles. The van der Waals surface area contributed by atoms with Crippen molar-refractivity contribution in [2.45, 2.75) is 38.4 Å². The Hall–Kier alpha value is -1.34. The number of thiophene rings is 1. The van der Waals surface area contributed by atoms with Gasteiger partial charge in [-0.2, -0.15) is 0 Å². The highest BCUT2D eigenvalue weighted by atomic mass is 32.2. The van der Waals surface area contributed by atoms with Gasteiger partial charge in [-0.3, -0.25) is 4.79 Å². The molecule has 0 aliphatic heterocycles. The van der Waals surface area contributed by atoms with Crippen LogP contribution in [0.1, 0.15) is 25.1 Å². The Morgan fingerprint density at radius 3 is 2.90 bits per heavy atom. The Labute approximate surface area is 126 Å². The van der Waals surface area contributed by atoms with Crippen molar-refractivity contribution in [1.82, 2.24) is 14.8 Å². The van der Waals surface area contributed by atoms with E-state index in [1.807, 2.05) is 11.5 Å². The second-order valence-corrected chi connectivity index (χ2v) is 6.30. The van der Waals surface area contributed by atoms with Crippen LogP contribution in [0.15, 0.2) is 16.6 Å². The number of carbonyl (C=O) groups is 1. The van der Waals surface area contributed by atoms with Crippen LogP contribution in [-0.2, 0) is 17.8 Å². The molecule has 5 nitrogen and oxygen atoms in total. The number of amides is 1. The molecule has 0 bridgehead atoms. The molecule has 0 aliphatic rings. The molecule has 2 heterocycles. The molecule has 0 saturated carbocycles. The van der Waals surface area contributed by atoms with E-state index in [1.54, 1.807) is 11.3 Å². The van der Waals surface area contributed by atoms with Gasteiger partial charge in [0, 0.05) is 22.4 Å². The van der Waals surface area contributed by atoms with Crippen molar-refractivity contribution in [1.29, 1.82) is 0 Å². The second kappa shape index (κ2) is 6.90. The van der Waals surface area contributed by atoms with Gasteiger partial charge in [0.1, 0.15) is 0 Å². The summed E-state index contributed by atoms with van der Waals surface area (Å²) in [4.78, 5) is 12.2. The molecule has 0 aliphatic carbocycles. The maximum absolute atomic E-state index is 10.9. The maximum atomic E-state index is 10.9. The molecule has 0 aromatic carbocycles. The van der Waals surface area contributed by atoms with Gasteiger partial charge < -0.3 is 10.3 Å². The van der Waals surface area contributed by atoms with E-state index in [-0.39, 0.29) is 11.7 Å². The van der Waals surface area contributed by atoms with E-state index in [2.05, 4.69) is 28.6 Å². The molecule has 2 rings (SSSR count). The predicted octanol–water partition coefficient (Wildman–Crippen LogP) is 2.56. The zero-order valence-electron chi connectivity index (χ0n) is 11.6. The van der Waals surface area contributed by atoms with E-state index < -0.39 is 0 Å². The van der Waals surface area contributed by atoms with Crippen LogP contribution in [0.3, 0.4) is 0 Å². The third kappa shape index (κ3) is 3.40. The fraction of sp³-hybridized carbons (Fsp3) is 0.462. The molecule has 2 aromatic rings. The summed E-state index contributed by atoms with van der Waals surface area (Å²) in [5.41, 5.74) is 6.27. The summed E-state index contributed by atoms with van der Waals surface area (Å²) in [6, 6.07) is 2.17. The first-order valence-electron chi connectivity index (χ1n) is 6.57. The Kier molecular flexibility index (Phi) is 5.19. The summed E-state index contributed by atoms with van der Waals surface area (Å²) in [6.45, 7) is 4.98. The first-order valence-corrected chi connectivity index (χ1v) is 8.44. The molecule has 1 amide bonds. The van der Waals surface area contributed by atoms with Crippen LogP contribution in [0.5, 0.6) is 0 Å². The zero-order chi connectivity index (χ0) is 14.5. The van der Waals surface area contributed by atoms with Gasteiger partial charge in [-0.25, -0.2) is 0 Å². The standard InChI is InChI=1S/C13H18N4OS2/c1-3-5-10-6-9(7-19-10)12-15-16-13(17(12)4-2)20-8-11(14)18/h6-7H,3-5,8H2,1-2H3,(H2,14,18). The number of primary amides is 1. The van der Waals surface area contributed by atoms with Crippen LogP contribution in [-0.4, -0.2) is 26.4 Å². The predicted molar refractivity (Wildman–Crippen MR) is 82.9 cm³/mol. The molecule has 0 atom stereocenters. The van der Waals surface area contributed by atoms with Crippen molar-refractivity contribution in [3.63, 3.8) is 0 Å². The van der Waals surface area contributed by atoms with Crippen molar-refractivity contribution in [2.24, 2.45) is 5.73 Å². The summed E-state index contributed by atoms with van der Waals surface area (Å²) in [7, 11) is 0. The molecule has 2 aromatic heterocycles. The van der Waals surface area contributed by atoms with Crippen molar-refractivity contribution in [3.05, 3.63) is 16.3 Å². The normalized spacial score (nSPS) is 10.9. The van der Waals surface area contributed by atoms with Crippen molar-refractivity contribution in [2.75, 3.05) is 5.75 Å². The highest BCUT2D eigenvalue weighted by Crippen LogP contribution is 2.28. The lowest BCUT2D eigenvalue weighted by atomic mass is 10.2. The summed E-state index contributed by atoms with van der Waals surface area (Å²) < 4.78 is 2.02. The Morgan fingerprint density at radius 1 is 1.45 bits per heavy atom. The topological polar surface area (TPSA) is 73.8 Å². The minimum Gasteiger partial charge on any atom is -0.369 e. The number of hydrogen-bond acceptors (Lipinski definition) is 5. The molecule has 0 unspecified atom stereocenters. The SMILES string of the molecule is CCCc1cc(-c2nnc(SCC(N)=O)n2CC)cs1. The van der Waals surface area contributed by atoms with Gasteiger partial charge >= 0.3 is 0 Å². The molecule has 108 valence electrons. The minimum atomic E-state index is -0.344.